The van der Waals surface area contributed by atoms with Crippen molar-refractivity contribution in [3.63, 3.8) is 0 Å². The van der Waals surface area contributed by atoms with E-state index in [1.54, 1.807) is 0 Å². The SMILES string of the molecule is Cc1ccc(C)c(C(=O)NC2C(C)CCNC2C)c1.Cl. The molecule has 0 aliphatic carbocycles. The second-order valence-electron chi connectivity index (χ2n) is 5.83. The molecule has 112 valence electrons. The summed E-state index contributed by atoms with van der Waals surface area (Å²) in [5.74, 6) is 0.568. The number of amides is 1. The molecule has 3 unspecified atom stereocenters. The zero-order valence-corrected chi connectivity index (χ0v) is 13.5. The fourth-order valence-electron chi connectivity index (χ4n) is 2.81. The average Bonchev–Trinajstić information content (AvgIpc) is 2.37. The van der Waals surface area contributed by atoms with Gasteiger partial charge in [-0.15, -0.1) is 12.4 Å². The molecule has 1 aliphatic rings. The van der Waals surface area contributed by atoms with Gasteiger partial charge in [0, 0.05) is 17.6 Å². The van der Waals surface area contributed by atoms with Crippen molar-refractivity contribution in [1.82, 2.24) is 10.6 Å². The van der Waals surface area contributed by atoms with Gasteiger partial charge in [0.05, 0.1) is 0 Å². The maximum absolute atomic E-state index is 12.4. The van der Waals surface area contributed by atoms with E-state index in [1.807, 2.05) is 32.0 Å². The summed E-state index contributed by atoms with van der Waals surface area (Å²) < 4.78 is 0. The van der Waals surface area contributed by atoms with Gasteiger partial charge in [-0.3, -0.25) is 4.79 Å². The molecule has 3 nitrogen and oxygen atoms in total. The molecule has 0 aromatic heterocycles. The van der Waals surface area contributed by atoms with Crippen LogP contribution in [0.25, 0.3) is 0 Å². The Bertz CT molecular complexity index is 466. The molecule has 0 radical (unpaired) electrons. The molecule has 1 aromatic rings. The van der Waals surface area contributed by atoms with Crippen LogP contribution in [0.1, 0.15) is 41.8 Å². The highest BCUT2D eigenvalue weighted by molar-refractivity contribution is 5.96. The molecular formula is C16H25ClN2O. The van der Waals surface area contributed by atoms with E-state index < -0.39 is 0 Å². The van der Waals surface area contributed by atoms with Crippen molar-refractivity contribution < 1.29 is 4.79 Å². The number of carbonyl (C=O) groups excluding carboxylic acids is 1. The Hall–Kier alpha value is -1.06. The molecule has 2 N–H and O–H groups in total. The fourth-order valence-corrected chi connectivity index (χ4v) is 2.81. The molecule has 0 spiro atoms. The number of aryl methyl sites for hydroxylation is 2. The van der Waals surface area contributed by atoms with Gasteiger partial charge in [0.2, 0.25) is 0 Å². The van der Waals surface area contributed by atoms with Crippen molar-refractivity contribution in [2.24, 2.45) is 5.92 Å². The second-order valence-corrected chi connectivity index (χ2v) is 5.83. The van der Waals surface area contributed by atoms with Crippen molar-refractivity contribution in [3.8, 4) is 0 Å². The minimum Gasteiger partial charge on any atom is -0.347 e. The highest BCUT2D eigenvalue weighted by Crippen LogP contribution is 2.18. The molecule has 1 saturated heterocycles. The Morgan fingerprint density at radius 1 is 1.30 bits per heavy atom. The molecule has 1 aliphatic heterocycles. The van der Waals surface area contributed by atoms with Crippen LogP contribution < -0.4 is 10.6 Å². The summed E-state index contributed by atoms with van der Waals surface area (Å²) in [6, 6.07) is 6.56. The predicted molar refractivity (Wildman–Crippen MR) is 85.7 cm³/mol. The smallest absolute Gasteiger partial charge is 0.251 e. The zero-order chi connectivity index (χ0) is 14.0. The first-order valence-corrected chi connectivity index (χ1v) is 7.10. The van der Waals surface area contributed by atoms with E-state index in [9.17, 15) is 4.79 Å². The van der Waals surface area contributed by atoms with Crippen LogP contribution in [0.3, 0.4) is 0 Å². The molecule has 0 saturated carbocycles. The maximum Gasteiger partial charge on any atom is 0.251 e. The van der Waals surface area contributed by atoms with Crippen molar-refractivity contribution in [1.29, 1.82) is 0 Å². The molecule has 1 fully saturated rings. The monoisotopic (exact) mass is 296 g/mol. The van der Waals surface area contributed by atoms with E-state index >= 15 is 0 Å². The predicted octanol–water partition coefficient (Wildman–Crippen LogP) is 2.84. The van der Waals surface area contributed by atoms with Crippen molar-refractivity contribution in [3.05, 3.63) is 34.9 Å². The largest absolute Gasteiger partial charge is 0.347 e. The Kier molecular flexibility index (Phi) is 6.03. The summed E-state index contributed by atoms with van der Waals surface area (Å²) in [5.41, 5.74) is 2.95. The van der Waals surface area contributed by atoms with Gasteiger partial charge >= 0.3 is 0 Å². The Morgan fingerprint density at radius 2 is 2.00 bits per heavy atom. The summed E-state index contributed by atoms with van der Waals surface area (Å²) >= 11 is 0. The Morgan fingerprint density at radius 3 is 2.65 bits per heavy atom. The van der Waals surface area contributed by atoms with Gasteiger partial charge in [-0.25, -0.2) is 0 Å². The van der Waals surface area contributed by atoms with E-state index in [-0.39, 0.29) is 24.4 Å². The van der Waals surface area contributed by atoms with E-state index in [0.717, 1.165) is 29.7 Å². The number of rotatable bonds is 2. The Labute approximate surface area is 127 Å². The normalized spacial score (nSPS) is 25.7. The number of carbonyl (C=O) groups is 1. The first kappa shape index (κ1) is 17.0. The van der Waals surface area contributed by atoms with Crippen molar-refractivity contribution in [2.45, 2.75) is 46.2 Å². The molecule has 1 amide bonds. The highest BCUT2D eigenvalue weighted by atomic mass is 35.5. The Balaban J connectivity index is 0.00000200. The third kappa shape index (κ3) is 3.74. The third-order valence-electron chi connectivity index (χ3n) is 4.15. The number of piperidine rings is 1. The minimum absolute atomic E-state index is 0. The summed E-state index contributed by atoms with van der Waals surface area (Å²) in [7, 11) is 0. The van der Waals surface area contributed by atoms with Crippen LogP contribution in [-0.4, -0.2) is 24.5 Å². The van der Waals surface area contributed by atoms with Crippen molar-refractivity contribution in [2.75, 3.05) is 6.54 Å². The molecule has 20 heavy (non-hydrogen) atoms. The van der Waals surface area contributed by atoms with Crippen LogP contribution in [-0.2, 0) is 0 Å². The lowest BCUT2D eigenvalue weighted by atomic mass is 9.89. The third-order valence-corrected chi connectivity index (χ3v) is 4.15. The average molecular weight is 297 g/mol. The van der Waals surface area contributed by atoms with E-state index in [2.05, 4.69) is 24.5 Å². The van der Waals surface area contributed by atoms with Gasteiger partial charge in [0.15, 0.2) is 0 Å². The highest BCUT2D eigenvalue weighted by Gasteiger charge is 2.29. The summed E-state index contributed by atoms with van der Waals surface area (Å²) in [6.45, 7) is 9.40. The molecule has 3 atom stereocenters. The van der Waals surface area contributed by atoms with Gasteiger partial charge in [0.25, 0.3) is 5.91 Å². The summed E-state index contributed by atoms with van der Waals surface area (Å²) in [4.78, 5) is 12.4. The van der Waals surface area contributed by atoms with Crippen LogP contribution in [0.4, 0.5) is 0 Å². The number of benzene rings is 1. The van der Waals surface area contributed by atoms with Gasteiger partial charge in [-0.2, -0.15) is 0 Å². The molecule has 0 bridgehead atoms. The minimum atomic E-state index is 0. The lowest BCUT2D eigenvalue weighted by Crippen LogP contribution is -2.56. The lowest BCUT2D eigenvalue weighted by molar-refractivity contribution is 0.0897. The van der Waals surface area contributed by atoms with E-state index in [4.69, 9.17) is 0 Å². The summed E-state index contributed by atoms with van der Waals surface area (Å²) in [5, 5.41) is 6.63. The fraction of sp³-hybridized carbons (Fsp3) is 0.562. The van der Waals surface area contributed by atoms with E-state index in [1.165, 1.54) is 0 Å². The number of nitrogens with one attached hydrogen (secondary N) is 2. The lowest BCUT2D eigenvalue weighted by Gasteiger charge is -2.36. The molecule has 4 heteroatoms. The van der Waals surface area contributed by atoms with Gasteiger partial charge < -0.3 is 10.6 Å². The van der Waals surface area contributed by atoms with Crippen molar-refractivity contribution >= 4 is 18.3 Å². The standard InChI is InChI=1S/C16H24N2O.ClH/c1-10-5-6-11(2)14(9-10)16(19)18-15-12(3)7-8-17-13(15)4;/h5-6,9,12-13,15,17H,7-8H2,1-4H3,(H,18,19);1H. The van der Waals surface area contributed by atoms with Gasteiger partial charge in [-0.1, -0.05) is 24.6 Å². The zero-order valence-electron chi connectivity index (χ0n) is 12.7. The van der Waals surface area contributed by atoms with Crippen LogP contribution in [0.5, 0.6) is 0 Å². The molecule has 2 rings (SSSR count). The number of halogens is 1. The topological polar surface area (TPSA) is 41.1 Å². The maximum atomic E-state index is 12.4. The van der Waals surface area contributed by atoms with Crippen LogP contribution in [0, 0.1) is 19.8 Å². The van der Waals surface area contributed by atoms with Crippen LogP contribution >= 0.6 is 12.4 Å². The quantitative estimate of drug-likeness (QED) is 0.881. The summed E-state index contributed by atoms with van der Waals surface area (Å²) in [6.07, 6.45) is 1.11. The molecule has 1 aromatic carbocycles. The number of hydrogen-bond donors (Lipinski definition) is 2. The van der Waals surface area contributed by atoms with E-state index in [0.29, 0.717) is 12.0 Å². The van der Waals surface area contributed by atoms with Gasteiger partial charge in [0.1, 0.15) is 0 Å². The first-order valence-electron chi connectivity index (χ1n) is 7.10. The van der Waals surface area contributed by atoms with Gasteiger partial charge in [-0.05, 0) is 51.3 Å². The van der Waals surface area contributed by atoms with Crippen LogP contribution in [0.2, 0.25) is 0 Å². The molecular weight excluding hydrogens is 272 g/mol. The second kappa shape index (κ2) is 7.09. The number of hydrogen-bond acceptors (Lipinski definition) is 2. The van der Waals surface area contributed by atoms with Crippen LogP contribution in [0.15, 0.2) is 18.2 Å². The molecule has 1 heterocycles. The first-order chi connectivity index (χ1) is 8.99.